The molecule has 0 aromatic heterocycles. The molecule has 0 spiro atoms. The Labute approximate surface area is 139 Å². The molecule has 0 radical (unpaired) electrons. The predicted octanol–water partition coefficient (Wildman–Crippen LogP) is 5.52. The number of hydrogen-bond acceptors (Lipinski definition) is 1. The Hall–Kier alpha value is -0.830. The van der Waals surface area contributed by atoms with E-state index in [2.05, 4.69) is 65.4 Å². The van der Waals surface area contributed by atoms with Crippen molar-refractivity contribution in [2.45, 2.75) is 32.9 Å². The lowest BCUT2D eigenvalue weighted by Crippen LogP contribution is -2.30. The van der Waals surface area contributed by atoms with Gasteiger partial charge in [-0.05, 0) is 46.7 Å². The maximum Gasteiger partial charge on any atom is 0.0409 e. The van der Waals surface area contributed by atoms with Crippen LogP contribution < -0.4 is 5.32 Å². The molecule has 0 heterocycles. The Morgan fingerprint density at radius 3 is 2.76 bits per heavy atom. The van der Waals surface area contributed by atoms with E-state index in [-0.39, 0.29) is 5.41 Å². The summed E-state index contributed by atoms with van der Waals surface area (Å²) in [6, 6.07) is 15.0. The molecule has 110 valence electrons. The molecule has 21 heavy (non-hydrogen) atoms. The third-order valence-electron chi connectivity index (χ3n) is 4.30. The molecule has 2 aromatic carbocycles. The predicted molar refractivity (Wildman–Crippen MR) is 92.7 cm³/mol. The maximum absolute atomic E-state index is 6.19. The summed E-state index contributed by atoms with van der Waals surface area (Å²) < 4.78 is 1.15. The lowest BCUT2D eigenvalue weighted by molar-refractivity contribution is 0.268. The fraction of sp³-hybridized carbons (Fsp3) is 0.333. The second-order valence-corrected chi connectivity index (χ2v) is 7.70. The molecule has 1 aliphatic carbocycles. The van der Waals surface area contributed by atoms with E-state index >= 15 is 0 Å². The minimum Gasteiger partial charge on any atom is -0.305 e. The smallest absolute Gasteiger partial charge is 0.0409 e. The average molecular weight is 365 g/mol. The van der Waals surface area contributed by atoms with E-state index in [1.54, 1.807) is 0 Å². The van der Waals surface area contributed by atoms with E-state index in [0.29, 0.717) is 6.04 Å². The van der Waals surface area contributed by atoms with Crippen LogP contribution in [0.15, 0.2) is 46.9 Å². The third kappa shape index (κ3) is 3.03. The van der Waals surface area contributed by atoms with Crippen molar-refractivity contribution in [3.63, 3.8) is 0 Å². The molecule has 1 atom stereocenters. The lowest BCUT2D eigenvalue weighted by atomic mass is 9.85. The number of benzene rings is 2. The van der Waals surface area contributed by atoms with E-state index < -0.39 is 0 Å². The highest BCUT2D eigenvalue weighted by molar-refractivity contribution is 9.10. The van der Waals surface area contributed by atoms with Crippen LogP contribution in [0.25, 0.3) is 0 Å². The summed E-state index contributed by atoms with van der Waals surface area (Å²) in [6.07, 6.45) is 1.09. The average Bonchev–Trinajstić information content (AvgIpc) is 2.68. The Bertz CT molecular complexity index is 666. The summed E-state index contributed by atoms with van der Waals surface area (Å²) in [5.41, 5.74) is 4.24. The fourth-order valence-corrected chi connectivity index (χ4v) is 3.85. The minimum absolute atomic E-state index is 0.203. The summed E-state index contributed by atoms with van der Waals surface area (Å²) >= 11 is 9.81. The van der Waals surface area contributed by atoms with Crippen LogP contribution in [0.2, 0.25) is 5.02 Å². The molecule has 0 amide bonds. The molecule has 0 aliphatic heterocycles. The highest BCUT2D eigenvalue weighted by Gasteiger charge is 2.38. The number of rotatable bonds is 3. The summed E-state index contributed by atoms with van der Waals surface area (Å²) in [6.45, 7) is 5.48. The van der Waals surface area contributed by atoms with Crippen LogP contribution >= 0.6 is 27.5 Å². The Balaban J connectivity index is 1.85. The molecule has 0 fully saturated rings. The first-order chi connectivity index (χ1) is 9.97. The molecular formula is C18H19BrClN. The summed E-state index contributed by atoms with van der Waals surface area (Å²) in [5.74, 6) is 0. The Morgan fingerprint density at radius 1 is 1.24 bits per heavy atom. The number of nitrogens with one attached hydrogen (secondary N) is 1. The van der Waals surface area contributed by atoms with Crippen molar-refractivity contribution in [2.75, 3.05) is 0 Å². The van der Waals surface area contributed by atoms with Gasteiger partial charge < -0.3 is 5.32 Å². The van der Waals surface area contributed by atoms with Gasteiger partial charge in [0.1, 0.15) is 0 Å². The fourth-order valence-electron chi connectivity index (χ4n) is 3.25. The highest BCUT2D eigenvalue weighted by Crippen LogP contribution is 2.46. The van der Waals surface area contributed by atoms with Crippen molar-refractivity contribution in [3.8, 4) is 0 Å². The van der Waals surface area contributed by atoms with Crippen molar-refractivity contribution >= 4 is 27.5 Å². The molecule has 1 nitrogen and oxygen atoms in total. The second-order valence-electron chi connectivity index (χ2n) is 6.41. The van der Waals surface area contributed by atoms with Gasteiger partial charge in [-0.15, -0.1) is 0 Å². The second kappa shape index (κ2) is 5.75. The van der Waals surface area contributed by atoms with Crippen molar-refractivity contribution in [3.05, 3.63) is 68.7 Å². The lowest BCUT2D eigenvalue weighted by Gasteiger charge is -2.29. The maximum atomic E-state index is 6.19. The molecule has 1 N–H and O–H groups in total. The summed E-state index contributed by atoms with van der Waals surface area (Å²) in [7, 11) is 0. The Kier molecular flexibility index (Phi) is 4.13. The van der Waals surface area contributed by atoms with Gasteiger partial charge in [0, 0.05) is 22.1 Å². The van der Waals surface area contributed by atoms with Crippen LogP contribution in [-0.2, 0) is 13.0 Å². The van der Waals surface area contributed by atoms with Gasteiger partial charge in [0.05, 0.1) is 0 Å². The summed E-state index contributed by atoms with van der Waals surface area (Å²) in [4.78, 5) is 0. The van der Waals surface area contributed by atoms with Gasteiger partial charge in [-0.2, -0.15) is 0 Å². The van der Waals surface area contributed by atoms with Crippen LogP contribution in [0.5, 0.6) is 0 Å². The van der Waals surface area contributed by atoms with Crippen LogP contribution in [0.3, 0.4) is 0 Å². The zero-order valence-corrected chi connectivity index (χ0v) is 14.6. The van der Waals surface area contributed by atoms with Crippen LogP contribution in [-0.4, -0.2) is 0 Å². The van der Waals surface area contributed by atoms with Gasteiger partial charge in [-0.3, -0.25) is 0 Å². The zero-order chi connectivity index (χ0) is 15.0. The molecule has 2 aromatic rings. The summed E-state index contributed by atoms with van der Waals surface area (Å²) in [5, 5.41) is 4.54. The topological polar surface area (TPSA) is 12.0 Å². The minimum atomic E-state index is 0.203. The normalized spacial score (nSPS) is 19.5. The number of fused-ring (bicyclic) bond motifs is 1. The number of halogens is 2. The van der Waals surface area contributed by atoms with Gasteiger partial charge in [-0.25, -0.2) is 0 Å². The molecular weight excluding hydrogens is 346 g/mol. The number of hydrogen-bond donors (Lipinski definition) is 1. The van der Waals surface area contributed by atoms with E-state index in [1.165, 1.54) is 16.7 Å². The van der Waals surface area contributed by atoms with Gasteiger partial charge in [0.25, 0.3) is 0 Å². The molecule has 3 rings (SSSR count). The quantitative estimate of drug-likeness (QED) is 0.756. The van der Waals surface area contributed by atoms with Crippen molar-refractivity contribution in [1.29, 1.82) is 0 Å². The molecule has 1 unspecified atom stereocenters. The van der Waals surface area contributed by atoms with E-state index in [1.807, 2.05) is 12.1 Å². The standard InChI is InChI=1S/C18H19BrClN/c1-18(2)10-12-7-8-14(20)9-15(12)17(18)21-11-13-5-3-4-6-16(13)19/h3-9,17,21H,10-11H2,1-2H3. The highest BCUT2D eigenvalue weighted by atomic mass is 79.9. The largest absolute Gasteiger partial charge is 0.305 e. The van der Waals surface area contributed by atoms with Gasteiger partial charge in [0.15, 0.2) is 0 Å². The van der Waals surface area contributed by atoms with E-state index in [0.717, 1.165) is 22.5 Å². The molecule has 0 bridgehead atoms. The SMILES string of the molecule is CC1(C)Cc2ccc(Cl)cc2C1NCc1ccccc1Br. The van der Waals surface area contributed by atoms with Crippen molar-refractivity contribution < 1.29 is 0 Å². The molecule has 1 aliphatic rings. The van der Waals surface area contributed by atoms with E-state index in [4.69, 9.17) is 11.6 Å². The van der Waals surface area contributed by atoms with Crippen LogP contribution in [0, 0.1) is 5.41 Å². The molecule has 3 heteroatoms. The Morgan fingerprint density at radius 2 is 2.00 bits per heavy atom. The van der Waals surface area contributed by atoms with Crippen molar-refractivity contribution in [1.82, 2.24) is 5.32 Å². The van der Waals surface area contributed by atoms with Crippen LogP contribution in [0.1, 0.15) is 36.6 Å². The van der Waals surface area contributed by atoms with Crippen LogP contribution in [0.4, 0.5) is 0 Å². The van der Waals surface area contributed by atoms with Gasteiger partial charge in [-0.1, -0.05) is 65.6 Å². The third-order valence-corrected chi connectivity index (χ3v) is 5.31. The first-order valence-electron chi connectivity index (χ1n) is 7.22. The van der Waals surface area contributed by atoms with Gasteiger partial charge in [0.2, 0.25) is 0 Å². The van der Waals surface area contributed by atoms with E-state index in [9.17, 15) is 0 Å². The first-order valence-corrected chi connectivity index (χ1v) is 8.39. The van der Waals surface area contributed by atoms with Gasteiger partial charge >= 0.3 is 0 Å². The molecule has 0 saturated heterocycles. The molecule has 0 saturated carbocycles. The zero-order valence-electron chi connectivity index (χ0n) is 12.3. The first kappa shape index (κ1) is 15.1. The monoisotopic (exact) mass is 363 g/mol. The van der Waals surface area contributed by atoms with Crippen molar-refractivity contribution in [2.24, 2.45) is 5.41 Å².